The van der Waals surface area contributed by atoms with Crippen molar-refractivity contribution in [2.75, 3.05) is 0 Å². The number of nitrogens with zero attached hydrogens (tertiary/aromatic N) is 4. The summed E-state index contributed by atoms with van der Waals surface area (Å²) in [6, 6.07) is 111. The lowest BCUT2D eigenvalue weighted by Crippen LogP contribution is -2.67. The summed E-state index contributed by atoms with van der Waals surface area (Å²) < 4.78 is 6.92. The Labute approximate surface area is 652 Å². The van der Waals surface area contributed by atoms with E-state index in [1.165, 1.54) is 132 Å². The lowest BCUT2D eigenvalue weighted by molar-refractivity contribution is -0.0691. The van der Waals surface area contributed by atoms with Crippen LogP contribution in [0.4, 0.5) is 0 Å². The third kappa shape index (κ3) is 13.2. The number of rotatable bonds is 8. The van der Waals surface area contributed by atoms with E-state index in [0.29, 0.717) is 0 Å². The van der Waals surface area contributed by atoms with Crippen molar-refractivity contribution >= 4 is 226 Å². The van der Waals surface area contributed by atoms with Gasteiger partial charge < -0.3 is 18.3 Å². The molecule has 4 aliphatic carbocycles. The molecule has 0 atom stereocenters. The molecule has 0 spiro atoms. The molecule has 4 heterocycles. The molecular weight excluding hydrogens is 1510 g/mol. The minimum absolute atomic E-state index is 0.142. The molecular formula is C86H64Cl12N4. The van der Waals surface area contributed by atoms with Gasteiger partial charge in [0.2, 0.25) is 0 Å². The summed E-state index contributed by atoms with van der Waals surface area (Å²) in [5.74, 6) is 0. The summed E-state index contributed by atoms with van der Waals surface area (Å²) in [6.07, 6.45) is 6.53. The molecule has 20 rings (SSSR count). The van der Waals surface area contributed by atoms with Gasteiger partial charge in [0.1, 0.15) is 0 Å². The third-order valence-corrected chi connectivity index (χ3v) is 21.3. The van der Waals surface area contributed by atoms with Crippen LogP contribution in [-0.4, -0.2) is 35.5 Å². The van der Waals surface area contributed by atoms with E-state index in [4.69, 9.17) is 139 Å². The van der Waals surface area contributed by atoms with Gasteiger partial charge in [-0.05, 0) is 180 Å². The predicted molar refractivity (Wildman–Crippen MR) is 443 cm³/mol. The molecule has 0 radical (unpaired) electrons. The summed E-state index contributed by atoms with van der Waals surface area (Å²) in [4.78, 5) is 0. The van der Waals surface area contributed by atoms with Crippen LogP contribution in [-0.2, 0) is 21.7 Å². The van der Waals surface area contributed by atoms with Gasteiger partial charge in [0.05, 0.1) is 44.1 Å². The van der Waals surface area contributed by atoms with Crippen LogP contribution in [0, 0.1) is 0 Å². The molecule has 0 N–H and O–H groups in total. The van der Waals surface area contributed by atoms with Crippen molar-refractivity contribution in [1.82, 2.24) is 18.3 Å². The van der Waals surface area contributed by atoms with Crippen molar-refractivity contribution in [2.45, 2.75) is 77.4 Å². The average Bonchev–Trinajstić information content (AvgIpc) is 0.948. The molecule has 4 aromatic heterocycles. The zero-order valence-electron chi connectivity index (χ0n) is 54.6. The van der Waals surface area contributed by atoms with Crippen molar-refractivity contribution in [3.05, 3.63) is 313 Å². The number of hydrogen-bond donors (Lipinski definition) is 0. The average molecular weight is 1580 g/mol. The minimum Gasteiger partial charge on any atom is -0.309 e. The Morgan fingerprint density at radius 1 is 0.176 bits per heavy atom. The zero-order chi connectivity index (χ0) is 70.7. The van der Waals surface area contributed by atoms with Gasteiger partial charge in [-0.1, -0.05) is 333 Å². The highest BCUT2D eigenvalue weighted by molar-refractivity contribution is 6.64. The van der Waals surface area contributed by atoms with E-state index >= 15 is 0 Å². The monoisotopic (exact) mass is 1570 g/mol. The molecule has 0 amide bonds. The highest BCUT2D eigenvalue weighted by Gasteiger charge is 2.69. The maximum Gasteiger partial charge on any atom is 0.180 e. The van der Waals surface area contributed by atoms with Gasteiger partial charge in [0.25, 0.3) is 0 Å². The fourth-order valence-electron chi connectivity index (χ4n) is 18.5. The molecule has 4 aliphatic rings. The summed E-state index contributed by atoms with van der Waals surface area (Å²) >= 11 is 57.7. The van der Waals surface area contributed by atoms with Gasteiger partial charge in [0, 0.05) is 65.8 Å². The van der Waals surface area contributed by atoms with Crippen molar-refractivity contribution in [1.29, 1.82) is 0 Å². The second kappa shape index (κ2) is 29.3. The van der Waals surface area contributed by atoms with E-state index in [2.05, 4.69) is 309 Å². The van der Waals surface area contributed by atoms with E-state index in [1.807, 2.05) is 0 Å². The van der Waals surface area contributed by atoms with Crippen LogP contribution in [0.5, 0.6) is 0 Å². The molecule has 0 saturated heterocycles. The van der Waals surface area contributed by atoms with Crippen molar-refractivity contribution in [2.24, 2.45) is 0 Å². The number of fused-ring (bicyclic) bond motifs is 12. The Bertz CT molecular complexity index is 4730. The Morgan fingerprint density at radius 3 is 0.422 bits per heavy atom. The second-order valence-corrected chi connectivity index (χ2v) is 34.8. The second-order valence-electron chi connectivity index (χ2n) is 26.8. The lowest BCUT2D eigenvalue weighted by Gasteiger charge is -2.71. The van der Waals surface area contributed by atoms with Gasteiger partial charge in [-0.2, -0.15) is 0 Å². The highest BCUT2D eigenvalue weighted by Crippen LogP contribution is 2.75. The molecule has 4 saturated carbocycles. The smallest absolute Gasteiger partial charge is 0.180 e. The normalized spacial score (nSPS) is 19.1. The quantitative estimate of drug-likeness (QED) is 0.135. The molecule has 16 heteroatoms. The first-order chi connectivity index (χ1) is 49.4. The molecule has 12 aromatic carbocycles. The Kier molecular flexibility index (Phi) is 20.4. The highest BCUT2D eigenvalue weighted by atomic mass is 35.6. The fraction of sp³-hybridized carbons (Fsp3) is 0.163. The molecule has 512 valence electrons. The van der Waals surface area contributed by atoms with Crippen LogP contribution in [0.1, 0.15) is 60.8 Å². The molecule has 4 fully saturated rings. The van der Waals surface area contributed by atoms with Gasteiger partial charge in [-0.15, -0.1) is 0 Å². The van der Waals surface area contributed by atoms with E-state index in [0.717, 1.165) is 38.5 Å². The van der Waals surface area contributed by atoms with E-state index in [-0.39, 0.29) is 21.7 Å². The third-order valence-electron chi connectivity index (χ3n) is 21.3. The summed E-state index contributed by atoms with van der Waals surface area (Å²) in [6.45, 7) is 0. The Balaban J connectivity index is 0.000000480. The molecule has 16 aromatic rings. The molecule has 102 heavy (non-hydrogen) atoms. The standard InChI is InChI=1S/C82H60N4.4CHCl3/c1-9-25-71-63(17-1)64-18-2-10-26-72(64)83(71)59-41-33-55(34-42-59)79-49-80(56-35-43-60(44-36-56)84-73-27-11-3-19-65(73)66-20-4-12-28-74(66)84)52-81(50-79,57-37-45-61(46-38-57)85-75-29-13-5-21-67(75)68-22-6-14-30-76(68)85)54-82(51-79,53-80)58-39-47-62(48-40-58)86-77-31-15-7-23-69(77)70-24-8-16-32-78(70)86;4*2-1(3)4/h1-48H,49-54H2;4*1H. The van der Waals surface area contributed by atoms with Crippen LogP contribution in [0.15, 0.2) is 291 Å². The number of alkyl halides is 12. The topological polar surface area (TPSA) is 19.7 Å². The van der Waals surface area contributed by atoms with E-state index in [1.54, 1.807) is 0 Å². The fourth-order valence-corrected chi connectivity index (χ4v) is 18.5. The van der Waals surface area contributed by atoms with Crippen LogP contribution >= 0.6 is 139 Å². The van der Waals surface area contributed by atoms with Crippen molar-refractivity contribution in [3.8, 4) is 22.7 Å². The maximum atomic E-state index is 4.81. The number of halogens is 12. The van der Waals surface area contributed by atoms with Crippen LogP contribution in [0.2, 0.25) is 0 Å². The SMILES string of the molecule is ClC(Cl)Cl.ClC(Cl)Cl.ClC(Cl)Cl.ClC(Cl)Cl.c1ccc2c(c1)c1ccccc1n2-c1ccc(C23CC4(c5ccc(-n6c7ccccc7c7ccccc76)cc5)CC(c5ccc(-n6c7ccccc7c7ccccc76)cc5)(C2)CC(c2ccc(-n5c6ccccc6c6ccccc65)cc2)(C3)C4)cc1. The first-order valence-electron chi connectivity index (χ1n) is 33.4. The number of benzene rings is 12. The largest absolute Gasteiger partial charge is 0.309 e. The predicted octanol–water partition coefficient (Wildman–Crippen LogP) is 28.5. The summed E-state index contributed by atoms with van der Waals surface area (Å²) in [7, 11) is 0. The van der Waals surface area contributed by atoms with Gasteiger partial charge in [-0.3, -0.25) is 0 Å². The van der Waals surface area contributed by atoms with Crippen molar-refractivity contribution in [3.63, 3.8) is 0 Å². The van der Waals surface area contributed by atoms with Crippen LogP contribution in [0.3, 0.4) is 0 Å². The van der Waals surface area contributed by atoms with E-state index in [9.17, 15) is 0 Å². The first-order valence-corrected chi connectivity index (χ1v) is 38.7. The van der Waals surface area contributed by atoms with E-state index < -0.39 is 17.2 Å². The minimum atomic E-state index is -0.750. The zero-order valence-corrected chi connectivity index (χ0v) is 63.7. The first kappa shape index (κ1) is 71.0. The summed E-state index contributed by atoms with van der Waals surface area (Å²) in [5.41, 5.74) is 20.0. The van der Waals surface area contributed by atoms with Gasteiger partial charge in [0.15, 0.2) is 17.2 Å². The molecule has 4 nitrogen and oxygen atoms in total. The molecule has 4 bridgehead atoms. The Hall–Kier alpha value is -6.68. The van der Waals surface area contributed by atoms with Crippen LogP contribution < -0.4 is 0 Å². The number of hydrogen-bond acceptors (Lipinski definition) is 0. The molecule has 0 aliphatic heterocycles. The van der Waals surface area contributed by atoms with Crippen LogP contribution in [0.25, 0.3) is 110 Å². The lowest BCUT2D eigenvalue weighted by atomic mass is 9.32. The number of para-hydroxylation sites is 8. The summed E-state index contributed by atoms with van der Waals surface area (Å²) in [5, 5.41) is 10.3. The van der Waals surface area contributed by atoms with Crippen molar-refractivity contribution < 1.29 is 0 Å². The Morgan fingerprint density at radius 2 is 0.294 bits per heavy atom. The van der Waals surface area contributed by atoms with Gasteiger partial charge >= 0.3 is 0 Å². The molecule has 0 unspecified atom stereocenters. The van der Waals surface area contributed by atoms with Gasteiger partial charge in [-0.25, -0.2) is 0 Å². The number of aromatic nitrogens is 4. The maximum absolute atomic E-state index is 4.81.